The monoisotopic (exact) mass is 214 g/mol. The molecule has 0 aromatic carbocycles. The van der Waals surface area contributed by atoms with Crippen LogP contribution in [-0.2, 0) is 4.79 Å². The lowest BCUT2D eigenvalue weighted by Crippen LogP contribution is -2.38. The molecule has 3 atom stereocenters. The predicted molar refractivity (Wildman–Crippen MR) is 59.2 cm³/mol. The zero-order chi connectivity index (χ0) is 11.4. The molecule has 0 aromatic heterocycles. The maximum absolute atomic E-state index is 11.9. The van der Waals surface area contributed by atoms with Crippen LogP contribution in [0.2, 0.25) is 0 Å². The molecule has 1 amide bonds. The molecule has 0 radical (unpaired) electrons. The lowest BCUT2D eigenvalue weighted by molar-refractivity contribution is -0.134. The summed E-state index contributed by atoms with van der Waals surface area (Å²) in [5.41, 5.74) is 5.55. The molecule has 0 saturated carbocycles. The van der Waals surface area contributed by atoms with E-state index in [1.54, 1.807) is 6.92 Å². The smallest absolute Gasteiger partial charge is 0.226 e. The number of carbonyl (C=O) groups is 1. The molecule has 88 valence electrons. The Hall–Kier alpha value is -0.610. The molecular formula is C11H22N2O2. The van der Waals surface area contributed by atoms with Crippen LogP contribution in [0.15, 0.2) is 0 Å². The minimum Gasteiger partial charge on any atom is -0.393 e. The second-order valence-electron chi connectivity index (χ2n) is 4.41. The number of amides is 1. The fraction of sp³-hybridized carbons (Fsp3) is 0.909. The first-order chi connectivity index (χ1) is 7.10. The van der Waals surface area contributed by atoms with E-state index in [1.807, 2.05) is 11.8 Å². The van der Waals surface area contributed by atoms with Crippen molar-refractivity contribution >= 4 is 5.91 Å². The molecule has 0 aromatic rings. The Kier molecular flexibility index (Phi) is 4.54. The normalized spacial score (nSPS) is 25.3. The largest absolute Gasteiger partial charge is 0.393 e. The maximum atomic E-state index is 11.9. The van der Waals surface area contributed by atoms with Gasteiger partial charge in [-0.05, 0) is 19.8 Å². The molecule has 1 aliphatic rings. The van der Waals surface area contributed by atoms with Gasteiger partial charge in [0.05, 0.1) is 12.0 Å². The van der Waals surface area contributed by atoms with E-state index in [9.17, 15) is 9.90 Å². The molecule has 3 N–H and O–H groups in total. The number of carbonyl (C=O) groups excluding carboxylic acids is 1. The van der Waals surface area contributed by atoms with E-state index in [4.69, 9.17) is 5.73 Å². The lowest BCUT2D eigenvalue weighted by Gasteiger charge is -2.22. The van der Waals surface area contributed by atoms with E-state index < -0.39 is 0 Å². The van der Waals surface area contributed by atoms with Gasteiger partial charge in [-0.2, -0.15) is 0 Å². The first kappa shape index (κ1) is 12.5. The number of rotatable bonds is 4. The average Bonchev–Trinajstić information content (AvgIpc) is 2.68. The summed E-state index contributed by atoms with van der Waals surface area (Å²) in [6, 6.07) is 0. The number of nitrogens with zero attached hydrogens (tertiary/aromatic N) is 1. The molecule has 3 unspecified atom stereocenters. The van der Waals surface area contributed by atoms with Crippen molar-refractivity contribution in [3.05, 3.63) is 0 Å². The fourth-order valence-electron chi connectivity index (χ4n) is 2.08. The van der Waals surface area contributed by atoms with Gasteiger partial charge in [0.2, 0.25) is 5.91 Å². The quantitative estimate of drug-likeness (QED) is 0.702. The molecule has 1 heterocycles. The molecule has 4 nitrogen and oxygen atoms in total. The molecule has 0 aliphatic carbocycles. The van der Waals surface area contributed by atoms with Crippen LogP contribution < -0.4 is 5.73 Å². The van der Waals surface area contributed by atoms with E-state index in [-0.39, 0.29) is 23.8 Å². The van der Waals surface area contributed by atoms with Crippen molar-refractivity contribution in [1.82, 2.24) is 4.90 Å². The number of hydrogen-bond donors (Lipinski definition) is 2. The molecule has 0 spiro atoms. The fourth-order valence-corrected chi connectivity index (χ4v) is 2.08. The van der Waals surface area contributed by atoms with Crippen LogP contribution in [0.3, 0.4) is 0 Å². The van der Waals surface area contributed by atoms with Gasteiger partial charge in [0.15, 0.2) is 0 Å². The Morgan fingerprint density at radius 3 is 2.73 bits per heavy atom. The highest BCUT2D eigenvalue weighted by atomic mass is 16.3. The molecule has 4 heteroatoms. The van der Waals surface area contributed by atoms with Gasteiger partial charge in [-0.3, -0.25) is 4.79 Å². The standard InChI is InChI=1S/C11H22N2O2/c1-3-9(6-12)11(15)13-5-4-10(7-13)8(2)14/h8-10,14H,3-7,12H2,1-2H3. The summed E-state index contributed by atoms with van der Waals surface area (Å²) in [6.07, 6.45) is 1.39. The summed E-state index contributed by atoms with van der Waals surface area (Å²) in [5, 5.41) is 9.44. The van der Waals surface area contributed by atoms with Gasteiger partial charge in [0.1, 0.15) is 0 Å². The third-order valence-electron chi connectivity index (χ3n) is 3.35. The second-order valence-corrected chi connectivity index (χ2v) is 4.41. The van der Waals surface area contributed by atoms with Gasteiger partial charge in [0.25, 0.3) is 0 Å². The number of likely N-dealkylation sites (tertiary alicyclic amines) is 1. The van der Waals surface area contributed by atoms with Gasteiger partial charge in [0, 0.05) is 25.6 Å². The third-order valence-corrected chi connectivity index (χ3v) is 3.35. The Bertz CT molecular complexity index is 215. The number of hydrogen-bond acceptors (Lipinski definition) is 3. The molecular weight excluding hydrogens is 192 g/mol. The average molecular weight is 214 g/mol. The Morgan fingerprint density at radius 2 is 2.33 bits per heavy atom. The number of aliphatic hydroxyl groups excluding tert-OH is 1. The number of nitrogens with two attached hydrogens (primary N) is 1. The lowest BCUT2D eigenvalue weighted by atomic mass is 10.0. The van der Waals surface area contributed by atoms with Gasteiger partial charge in [-0.1, -0.05) is 6.92 Å². The minimum atomic E-state index is -0.319. The molecule has 15 heavy (non-hydrogen) atoms. The summed E-state index contributed by atoms with van der Waals surface area (Å²) in [4.78, 5) is 13.8. The summed E-state index contributed by atoms with van der Waals surface area (Å²) in [7, 11) is 0. The van der Waals surface area contributed by atoms with Gasteiger partial charge in [-0.15, -0.1) is 0 Å². The highest BCUT2D eigenvalue weighted by molar-refractivity contribution is 5.79. The van der Waals surface area contributed by atoms with Gasteiger partial charge < -0.3 is 15.7 Å². The highest BCUT2D eigenvalue weighted by Gasteiger charge is 2.31. The summed E-state index contributed by atoms with van der Waals surface area (Å²) < 4.78 is 0. The second kappa shape index (κ2) is 5.47. The molecule has 1 fully saturated rings. The SMILES string of the molecule is CCC(CN)C(=O)N1CCC(C(C)O)C1. The molecule has 1 rings (SSSR count). The van der Waals surface area contributed by atoms with Crippen LogP contribution >= 0.6 is 0 Å². The first-order valence-electron chi connectivity index (χ1n) is 5.77. The van der Waals surface area contributed by atoms with E-state index in [2.05, 4.69) is 0 Å². The Morgan fingerprint density at radius 1 is 1.67 bits per heavy atom. The van der Waals surface area contributed by atoms with Crippen LogP contribution in [-0.4, -0.2) is 41.7 Å². The predicted octanol–water partition coefficient (Wildman–Crippen LogP) is 0.201. The van der Waals surface area contributed by atoms with Crippen LogP contribution in [0.25, 0.3) is 0 Å². The summed E-state index contributed by atoms with van der Waals surface area (Å²) in [6.45, 7) is 5.65. The molecule has 0 bridgehead atoms. The maximum Gasteiger partial charge on any atom is 0.226 e. The van der Waals surface area contributed by atoms with Crippen LogP contribution in [0, 0.1) is 11.8 Å². The molecule has 1 aliphatic heterocycles. The van der Waals surface area contributed by atoms with Crippen molar-refractivity contribution < 1.29 is 9.90 Å². The van der Waals surface area contributed by atoms with E-state index >= 15 is 0 Å². The Balaban J connectivity index is 2.49. The topological polar surface area (TPSA) is 66.6 Å². The number of aliphatic hydroxyl groups is 1. The first-order valence-corrected chi connectivity index (χ1v) is 5.77. The van der Waals surface area contributed by atoms with E-state index in [1.165, 1.54) is 0 Å². The van der Waals surface area contributed by atoms with Crippen molar-refractivity contribution in [3.8, 4) is 0 Å². The van der Waals surface area contributed by atoms with Gasteiger partial charge >= 0.3 is 0 Å². The van der Waals surface area contributed by atoms with Crippen molar-refractivity contribution in [2.75, 3.05) is 19.6 Å². The zero-order valence-electron chi connectivity index (χ0n) is 9.65. The van der Waals surface area contributed by atoms with Crippen LogP contribution in [0.5, 0.6) is 0 Å². The minimum absolute atomic E-state index is 0.0438. The van der Waals surface area contributed by atoms with E-state index in [0.717, 1.165) is 19.4 Å². The summed E-state index contributed by atoms with van der Waals surface area (Å²) >= 11 is 0. The van der Waals surface area contributed by atoms with Crippen molar-refractivity contribution in [1.29, 1.82) is 0 Å². The zero-order valence-corrected chi connectivity index (χ0v) is 9.65. The van der Waals surface area contributed by atoms with Crippen LogP contribution in [0.4, 0.5) is 0 Å². The van der Waals surface area contributed by atoms with Crippen molar-refractivity contribution in [3.63, 3.8) is 0 Å². The highest BCUT2D eigenvalue weighted by Crippen LogP contribution is 2.21. The molecule has 1 saturated heterocycles. The van der Waals surface area contributed by atoms with Gasteiger partial charge in [-0.25, -0.2) is 0 Å². The third kappa shape index (κ3) is 2.92. The van der Waals surface area contributed by atoms with Crippen LogP contribution in [0.1, 0.15) is 26.7 Å². The summed E-state index contributed by atoms with van der Waals surface area (Å²) in [5.74, 6) is 0.352. The van der Waals surface area contributed by atoms with E-state index in [0.29, 0.717) is 13.1 Å². The van der Waals surface area contributed by atoms with Crippen molar-refractivity contribution in [2.24, 2.45) is 17.6 Å². The Labute approximate surface area is 91.4 Å². The van der Waals surface area contributed by atoms with Crippen molar-refractivity contribution in [2.45, 2.75) is 32.8 Å².